The van der Waals surface area contributed by atoms with E-state index in [1.807, 2.05) is 0 Å². The number of phenolic OH excluding ortho intramolecular Hbond substituents is 1. The number of para-hydroxylation sites is 4. The first-order chi connectivity index (χ1) is 33.5. The summed E-state index contributed by atoms with van der Waals surface area (Å²) >= 11 is 0. The van der Waals surface area contributed by atoms with Crippen molar-refractivity contribution in [3.05, 3.63) is 160 Å². The molecule has 1 N–H and O–H groups in total. The van der Waals surface area contributed by atoms with Crippen molar-refractivity contribution in [2.45, 2.75) is 27.7 Å². The lowest BCUT2D eigenvalue weighted by molar-refractivity contribution is -0.132. The number of aromatic hydroxyl groups is 1. The van der Waals surface area contributed by atoms with Crippen LogP contribution in [0.15, 0.2) is 137 Å². The highest BCUT2D eigenvalue weighted by Gasteiger charge is 2.29. The third-order valence-corrected chi connectivity index (χ3v) is 9.37. The van der Waals surface area contributed by atoms with Crippen LogP contribution in [0, 0.1) is 0 Å². The Kier molecular flexibility index (Phi) is 14.2. The summed E-state index contributed by atoms with van der Waals surface area (Å²) in [6.45, 7) is 4.43. The van der Waals surface area contributed by atoms with Crippen molar-refractivity contribution in [1.82, 2.24) is 0 Å². The molecule has 7 rings (SSSR count). The lowest BCUT2D eigenvalue weighted by Gasteiger charge is -2.16. The summed E-state index contributed by atoms with van der Waals surface area (Å²) in [4.78, 5) is 117. The third kappa shape index (κ3) is 11.0. The van der Waals surface area contributed by atoms with Crippen LogP contribution >= 0.6 is 0 Å². The molecule has 0 saturated carbocycles. The van der Waals surface area contributed by atoms with Gasteiger partial charge < -0.3 is 47.4 Å². The largest absolute Gasteiger partial charge is 0.507 e. The Morgan fingerprint density at radius 3 is 1.23 bits per heavy atom. The molecule has 70 heavy (non-hydrogen) atoms. The van der Waals surface area contributed by atoms with Gasteiger partial charge >= 0.3 is 47.8 Å². The summed E-state index contributed by atoms with van der Waals surface area (Å²) in [5, 5.41) is 10.7. The Hall–Kier alpha value is -9.91. The van der Waals surface area contributed by atoms with E-state index in [1.165, 1.54) is 103 Å². The van der Waals surface area contributed by atoms with Gasteiger partial charge in [-0.05, 0) is 66.7 Å². The molecule has 0 amide bonds. The van der Waals surface area contributed by atoms with Gasteiger partial charge in [-0.1, -0.05) is 48.5 Å². The number of ether oxygens (including phenoxy) is 8. The van der Waals surface area contributed by atoms with Gasteiger partial charge in [-0.3, -0.25) is 24.0 Å². The fraction of sp³-hybridized carbons (Fsp3) is 0.0784. The number of phenols is 1. The fourth-order valence-corrected chi connectivity index (χ4v) is 6.55. The molecule has 0 unspecified atom stereocenters. The second-order valence-corrected chi connectivity index (χ2v) is 14.5. The first-order valence-corrected chi connectivity index (χ1v) is 20.4. The molecule has 0 atom stereocenters. The van der Waals surface area contributed by atoms with Crippen molar-refractivity contribution >= 4 is 58.7 Å². The van der Waals surface area contributed by atoms with Gasteiger partial charge in [0.15, 0.2) is 17.3 Å². The minimum Gasteiger partial charge on any atom is -0.507 e. The predicted octanol–water partition coefficient (Wildman–Crippen LogP) is 7.74. The number of benzene rings is 6. The summed E-state index contributed by atoms with van der Waals surface area (Å²) in [5.41, 5.74) is -2.91. The number of hydrogen-bond acceptors (Lipinski definition) is 19. The molecule has 0 aliphatic heterocycles. The lowest BCUT2D eigenvalue weighted by atomic mass is 10.1. The van der Waals surface area contributed by atoms with Gasteiger partial charge in [-0.2, -0.15) is 0 Å². The molecular weight excluding hydrogens is 917 g/mol. The lowest BCUT2D eigenvalue weighted by Crippen LogP contribution is -2.18. The van der Waals surface area contributed by atoms with Crippen LogP contribution in [0.1, 0.15) is 69.1 Å². The molecule has 6 aromatic carbocycles. The van der Waals surface area contributed by atoms with Crippen LogP contribution in [0.4, 0.5) is 0 Å². The van der Waals surface area contributed by atoms with Gasteiger partial charge in [0.1, 0.15) is 67.7 Å². The minimum atomic E-state index is -1.26. The molecule has 1 heterocycles. The van der Waals surface area contributed by atoms with E-state index in [1.54, 1.807) is 0 Å². The molecule has 19 heteroatoms. The average molecular weight is 951 g/mol. The Bertz CT molecular complexity index is 3360. The van der Waals surface area contributed by atoms with E-state index in [-0.39, 0.29) is 56.6 Å². The normalized spacial score (nSPS) is 10.6. The van der Waals surface area contributed by atoms with E-state index in [2.05, 4.69) is 0 Å². The van der Waals surface area contributed by atoms with Crippen LogP contribution in [0.3, 0.4) is 0 Å². The van der Waals surface area contributed by atoms with Crippen LogP contribution in [0.25, 0.3) is 22.3 Å². The Morgan fingerprint density at radius 2 is 0.800 bits per heavy atom. The summed E-state index contributed by atoms with van der Waals surface area (Å²) in [6, 6.07) is 27.3. The number of fused-ring (bicyclic) bond motifs is 1. The van der Waals surface area contributed by atoms with Crippen molar-refractivity contribution in [1.29, 1.82) is 0 Å². The standard InChI is InChI=1S/C51H34O19/c1-26(52)62-37-17-9-5-13-32(37)48(58)66-31-24-36(56)44-43(25-31)67-46(47(45(44)57)70-51(61)35-16-8-12-20-40(35)65-29(4)55)30-21-22-41(68-49(59)33-14-6-10-18-38(33)63-27(2)53)42(23-30)69-50(60)34-15-7-11-19-39(34)64-28(3)54/h5-25,56H,1-4H3. The summed E-state index contributed by atoms with van der Waals surface area (Å²) < 4.78 is 49.5. The smallest absolute Gasteiger partial charge is 0.347 e. The van der Waals surface area contributed by atoms with Crippen LogP contribution in [-0.4, -0.2) is 52.9 Å². The molecule has 0 radical (unpaired) electrons. The summed E-state index contributed by atoms with van der Waals surface area (Å²) in [6.07, 6.45) is 0. The van der Waals surface area contributed by atoms with Crippen molar-refractivity contribution in [2.75, 3.05) is 0 Å². The molecule has 0 fully saturated rings. The van der Waals surface area contributed by atoms with Crippen LogP contribution in [0.2, 0.25) is 0 Å². The highest BCUT2D eigenvalue weighted by Crippen LogP contribution is 2.41. The summed E-state index contributed by atoms with van der Waals surface area (Å²) in [7, 11) is 0. The van der Waals surface area contributed by atoms with E-state index < -0.39 is 92.9 Å². The Balaban J connectivity index is 1.40. The van der Waals surface area contributed by atoms with Crippen LogP contribution < -0.4 is 43.3 Å². The van der Waals surface area contributed by atoms with E-state index in [0.717, 1.165) is 52.0 Å². The molecular formula is C51H34O19. The van der Waals surface area contributed by atoms with Gasteiger partial charge in [0, 0.05) is 45.4 Å². The van der Waals surface area contributed by atoms with Crippen molar-refractivity contribution in [3.8, 4) is 63.1 Å². The summed E-state index contributed by atoms with van der Waals surface area (Å²) in [5.74, 6) is -12.1. The second-order valence-electron chi connectivity index (χ2n) is 14.5. The quantitative estimate of drug-likeness (QED) is 0.0855. The molecule has 0 aliphatic carbocycles. The number of carbonyl (C=O) groups is 8. The topological polar surface area (TPSA) is 261 Å². The van der Waals surface area contributed by atoms with Gasteiger partial charge in [-0.15, -0.1) is 0 Å². The second kappa shape index (κ2) is 20.7. The molecule has 19 nitrogen and oxygen atoms in total. The van der Waals surface area contributed by atoms with Crippen LogP contribution in [-0.2, 0) is 19.2 Å². The van der Waals surface area contributed by atoms with Gasteiger partial charge in [0.05, 0.1) is 0 Å². The molecule has 0 saturated heterocycles. The zero-order valence-corrected chi connectivity index (χ0v) is 36.9. The molecule has 0 spiro atoms. The van der Waals surface area contributed by atoms with E-state index in [4.69, 9.17) is 42.3 Å². The molecule has 352 valence electrons. The van der Waals surface area contributed by atoms with Crippen molar-refractivity contribution in [2.24, 2.45) is 0 Å². The number of rotatable bonds is 13. The molecule has 1 aromatic heterocycles. The SMILES string of the molecule is CC(=O)Oc1ccccc1C(=O)Oc1cc(O)c2c(=O)c(OC(=O)c3ccccc3OC(C)=O)c(-c3ccc(OC(=O)c4ccccc4OC(C)=O)c(OC(=O)c4ccccc4OC(C)=O)c3)oc2c1. The number of esters is 8. The maximum Gasteiger partial charge on any atom is 0.347 e. The van der Waals surface area contributed by atoms with Gasteiger partial charge in [0.25, 0.3) is 0 Å². The van der Waals surface area contributed by atoms with Crippen LogP contribution in [0.5, 0.6) is 51.7 Å². The van der Waals surface area contributed by atoms with E-state index in [0.29, 0.717) is 0 Å². The third-order valence-electron chi connectivity index (χ3n) is 9.37. The maximum absolute atomic E-state index is 14.6. The zero-order valence-electron chi connectivity index (χ0n) is 36.9. The average Bonchev–Trinajstić information content (AvgIpc) is 3.30. The Labute approximate surface area is 394 Å². The highest BCUT2D eigenvalue weighted by atomic mass is 16.6. The van der Waals surface area contributed by atoms with Gasteiger partial charge in [0.2, 0.25) is 11.2 Å². The molecule has 7 aromatic rings. The molecule has 0 aliphatic rings. The minimum absolute atomic E-state index is 0.144. The van der Waals surface area contributed by atoms with Crippen molar-refractivity contribution < 1.29 is 85.8 Å². The maximum atomic E-state index is 14.6. The van der Waals surface area contributed by atoms with Gasteiger partial charge in [-0.25, -0.2) is 19.2 Å². The zero-order chi connectivity index (χ0) is 50.2. The molecule has 0 bridgehead atoms. The predicted molar refractivity (Wildman–Crippen MR) is 240 cm³/mol. The monoisotopic (exact) mass is 950 g/mol. The number of carbonyl (C=O) groups excluding carboxylic acids is 8. The highest BCUT2D eigenvalue weighted by molar-refractivity contribution is 6.00. The first-order valence-electron chi connectivity index (χ1n) is 20.4. The van der Waals surface area contributed by atoms with Crippen molar-refractivity contribution in [3.63, 3.8) is 0 Å². The first kappa shape index (κ1) is 48.0. The van der Waals surface area contributed by atoms with E-state index >= 15 is 0 Å². The Morgan fingerprint density at radius 1 is 0.414 bits per heavy atom. The number of hydrogen-bond donors (Lipinski definition) is 1. The van der Waals surface area contributed by atoms with E-state index in [9.17, 15) is 48.3 Å². The fourth-order valence-electron chi connectivity index (χ4n) is 6.55.